The summed E-state index contributed by atoms with van der Waals surface area (Å²) in [6.45, 7) is 9.76. The van der Waals surface area contributed by atoms with Crippen molar-refractivity contribution in [1.82, 2.24) is 4.90 Å². The molecule has 2 aromatic carbocycles. The maximum Gasteiger partial charge on any atom is 0.336 e. The molecule has 0 N–H and O–H groups in total. The number of allylic oxidation sites excluding steroid dienone is 1. The van der Waals surface area contributed by atoms with Crippen LogP contribution < -0.4 is 0 Å². The highest BCUT2D eigenvalue weighted by molar-refractivity contribution is 6.31. The van der Waals surface area contributed by atoms with Gasteiger partial charge in [-0.25, -0.2) is 4.79 Å². The number of carbonyl (C=O) groups is 2. The zero-order valence-electron chi connectivity index (χ0n) is 18.2. The third-order valence-electron chi connectivity index (χ3n) is 5.18. The van der Waals surface area contributed by atoms with Crippen LogP contribution in [0.3, 0.4) is 0 Å². The van der Waals surface area contributed by atoms with Gasteiger partial charge in [0.15, 0.2) is 0 Å². The predicted molar refractivity (Wildman–Crippen MR) is 119 cm³/mol. The second-order valence-electron chi connectivity index (χ2n) is 8.74. The quantitative estimate of drug-likeness (QED) is 0.583. The maximum atomic E-state index is 13.2. The molecule has 30 heavy (non-hydrogen) atoms. The van der Waals surface area contributed by atoms with Crippen LogP contribution in [0.1, 0.15) is 56.7 Å². The number of benzene rings is 2. The van der Waals surface area contributed by atoms with Crippen molar-refractivity contribution < 1.29 is 14.3 Å². The molecule has 0 spiro atoms. The minimum Gasteiger partial charge on any atom is -0.457 e. The van der Waals surface area contributed by atoms with Crippen molar-refractivity contribution in [2.24, 2.45) is 0 Å². The topological polar surface area (TPSA) is 46.6 Å². The summed E-state index contributed by atoms with van der Waals surface area (Å²) < 4.78 is 5.71. The van der Waals surface area contributed by atoms with Crippen molar-refractivity contribution >= 4 is 23.5 Å². The summed E-state index contributed by atoms with van der Waals surface area (Å²) in [7, 11) is 0. The number of carbonyl (C=O) groups excluding carboxylic acids is 2. The molecular formula is C25H28ClNO3. The molecule has 158 valence electrons. The van der Waals surface area contributed by atoms with E-state index in [1.54, 1.807) is 11.0 Å². The fraction of sp³-hybridized carbons (Fsp3) is 0.360. The average molecular weight is 426 g/mol. The van der Waals surface area contributed by atoms with Crippen LogP contribution >= 0.6 is 11.6 Å². The second-order valence-corrected chi connectivity index (χ2v) is 9.15. The SMILES string of the molecule is CC1=C(C(=O)OC(C)(C)C)[C@@H](c2ccccc2Cl)CC(=O)N1Cc1ccc(C)cc1. The van der Waals surface area contributed by atoms with Crippen LogP contribution in [0.25, 0.3) is 0 Å². The first kappa shape index (κ1) is 22.1. The van der Waals surface area contributed by atoms with E-state index in [0.29, 0.717) is 22.8 Å². The Balaban J connectivity index is 2.06. The van der Waals surface area contributed by atoms with Crippen LogP contribution in [-0.2, 0) is 20.9 Å². The van der Waals surface area contributed by atoms with E-state index in [-0.39, 0.29) is 12.3 Å². The van der Waals surface area contributed by atoms with Gasteiger partial charge < -0.3 is 9.64 Å². The van der Waals surface area contributed by atoms with Crippen molar-refractivity contribution in [3.8, 4) is 0 Å². The maximum absolute atomic E-state index is 13.2. The predicted octanol–water partition coefficient (Wildman–Crippen LogP) is 5.78. The minimum absolute atomic E-state index is 0.0368. The molecule has 1 atom stereocenters. The van der Waals surface area contributed by atoms with Gasteiger partial charge in [-0.15, -0.1) is 0 Å². The lowest BCUT2D eigenvalue weighted by atomic mass is 9.83. The standard InChI is InChI=1S/C25H28ClNO3/c1-16-10-12-18(13-11-16)15-27-17(2)23(24(29)30-25(3,4)5)20(14-22(27)28)19-8-6-7-9-21(19)26/h6-13,20H,14-15H2,1-5H3/t20-/m1/s1. The molecule has 0 saturated carbocycles. The van der Waals surface area contributed by atoms with E-state index in [2.05, 4.69) is 0 Å². The molecule has 0 saturated heterocycles. The van der Waals surface area contributed by atoms with E-state index in [1.807, 2.05) is 77.1 Å². The number of ether oxygens (including phenoxy) is 1. The largest absolute Gasteiger partial charge is 0.457 e. The Morgan fingerprint density at radius 1 is 1.10 bits per heavy atom. The number of aryl methyl sites for hydroxylation is 1. The number of hydrogen-bond donors (Lipinski definition) is 0. The fourth-order valence-corrected chi connectivity index (χ4v) is 3.97. The number of rotatable bonds is 4. The Morgan fingerprint density at radius 2 is 1.73 bits per heavy atom. The molecule has 1 aliphatic rings. The Hall–Kier alpha value is -2.59. The molecule has 0 aliphatic carbocycles. The summed E-state index contributed by atoms with van der Waals surface area (Å²) in [5, 5.41) is 0.538. The average Bonchev–Trinajstić information content (AvgIpc) is 2.65. The van der Waals surface area contributed by atoms with E-state index >= 15 is 0 Å². The third-order valence-corrected chi connectivity index (χ3v) is 5.53. The molecule has 1 aliphatic heterocycles. The van der Waals surface area contributed by atoms with Gasteiger partial charge in [-0.1, -0.05) is 59.6 Å². The summed E-state index contributed by atoms with van der Waals surface area (Å²) in [4.78, 5) is 28.0. The van der Waals surface area contributed by atoms with Gasteiger partial charge in [-0.2, -0.15) is 0 Å². The summed E-state index contributed by atoms with van der Waals surface area (Å²) in [5.41, 5.74) is 3.40. The highest BCUT2D eigenvalue weighted by atomic mass is 35.5. The molecule has 2 aromatic rings. The number of esters is 1. The van der Waals surface area contributed by atoms with Crippen molar-refractivity contribution in [1.29, 1.82) is 0 Å². The number of hydrogen-bond acceptors (Lipinski definition) is 3. The molecular weight excluding hydrogens is 398 g/mol. The molecule has 3 rings (SSSR count). The molecule has 5 heteroatoms. The van der Waals surface area contributed by atoms with Gasteiger partial charge in [0.05, 0.1) is 12.1 Å². The van der Waals surface area contributed by atoms with Crippen LogP contribution in [-0.4, -0.2) is 22.4 Å². The lowest BCUT2D eigenvalue weighted by Crippen LogP contribution is -2.39. The van der Waals surface area contributed by atoms with Crippen molar-refractivity contribution in [3.05, 3.63) is 81.5 Å². The normalized spacial score (nSPS) is 17.3. The Morgan fingerprint density at radius 3 is 2.33 bits per heavy atom. The smallest absolute Gasteiger partial charge is 0.336 e. The van der Waals surface area contributed by atoms with E-state index in [0.717, 1.165) is 16.7 Å². The van der Waals surface area contributed by atoms with Crippen molar-refractivity contribution in [2.75, 3.05) is 0 Å². The number of nitrogens with zero attached hydrogens (tertiary/aromatic N) is 1. The first-order chi connectivity index (χ1) is 14.1. The summed E-state index contributed by atoms with van der Waals surface area (Å²) in [6.07, 6.45) is 0.168. The Labute approximate surface area is 183 Å². The molecule has 4 nitrogen and oxygen atoms in total. The first-order valence-corrected chi connectivity index (χ1v) is 10.5. The molecule has 0 aromatic heterocycles. The van der Waals surface area contributed by atoms with E-state index in [1.165, 1.54) is 0 Å². The first-order valence-electron chi connectivity index (χ1n) is 10.1. The van der Waals surface area contributed by atoms with Gasteiger partial charge in [-0.05, 0) is 51.8 Å². The third kappa shape index (κ3) is 4.93. The van der Waals surface area contributed by atoms with Gasteiger partial charge in [-0.3, -0.25) is 4.79 Å². The van der Waals surface area contributed by atoms with Crippen LogP contribution in [0.4, 0.5) is 0 Å². The number of amides is 1. The van der Waals surface area contributed by atoms with Crippen LogP contribution in [0.5, 0.6) is 0 Å². The van der Waals surface area contributed by atoms with Gasteiger partial charge in [0.25, 0.3) is 0 Å². The summed E-state index contributed by atoms with van der Waals surface area (Å²) >= 11 is 6.44. The summed E-state index contributed by atoms with van der Waals surface area (Å²) in [6, 6.07) is 15.4. The zero-order chi connectivity index (χ0) is 22.1. The Bertz CT molecular complexity index is 986. The molecule has 1 heterocycles. The lowest BCUT2D eigenvalue weighted by molar-refractivity contribution is -0.150. The fourth-order valence-electron chi connectivity index (χ4n) is 3.70. The minimum atomic E-state index is -0.640. The van der Waals surface area contributed by atoms with Gasteiger partial charge in [0, 0.05) is 23.1 Å². The zero-order valence-corrected chi connectivity index (χ0v) is 18.9. The Kier molecular flexibility index (Phi) is 6.37. The molecule has 1 amide bonds. The molecule has 0 bridgehead atoms. The van der Waals surface area contributed by atoms with E-state index < -0.39 is 17.5 Å². The van der Waals surface area contributed by atoms with Crippen molar-refractivity contribution in [3.63, 3.8) is 0 Å². The molecule has 0 fully saturated rings. The highest BCUT2D eigenvalue weighted by Gasteiger charge is 2.38. The lowest BCUT2D eigenvalue weighted by Gasteiger charge is -2.35. The van der Waals surface area contributed by atoms with Crippen LogP contribution in [0, 0.1) is 6.92 Å². The second kappa shape index (κ2) is 8.65. The monoisotopic (exact) mass is 425 g/mol. The summed E-state index contributed by atoms with van der Waals surface area (Å²) in [5.74, 6) is -0.882. The molecule has 0 unspecified atom stereocenters. The van der Waals surface area contributed by atoms with Crippen LogP contribution in [0.15, 0.2) is 59.8 Å². The van der Waals surface area contributed by atoms with Gasteiger partial charge >= 0.3 is 5.97 Å². The van der Waals surface area contributed by atoms with E-state index in [4.69, 9.17) is 16.3 Å². The van der Waals surface area contributed by atoms with E-state index in [9.17, 15) is 9.59 Å². The van der Waals surface area contributed by atoms with Gasteiger partial charge in [0.2, 0.25) is 5.91 Å². The highest BCUT2D eigenvalue weighted by Crippen LogP contribution is 2.40. The van der Waals surface area contributed by atoms with Gasteiger partial charge in [0.1, 0.15) is 5.60 Å². The molecule has 0 radical (unpaired) electrons. The van der Waals surface area contributed by atoms with Crippen molar-refractivity contribution in [2.45, 2.75) is 59.1 Å². The van der Waals surface area contributed by atoms with Crippen LogP contribution in [0.2, 0.25) is 5.02 Å². The number of halogens is 1.